The van der Waals surface area contributed by atoms with Crippen LogP contribution < -0.4 is 10.1 Å². The molecule has 0 aliphatic carbocycles. The van der Waals surface area contributed by atoms with Gasteiger partial charge in [0.05, 0.1) is 16.0 Å². The van der Waals surface area contributed by atoms with Gasteiger partial charge in [0.2, 0.25) is 5.88 Å². The standard InChI is InChI=1S/C23H18F6N2O4S/c1-12-8-19(13(2)7-18(12)23(27,28)29)35-21-17(9-14(11-30-21)22(24,25)26)20(32)31-15-5-4-6-16(10-15)36(3,33)34/h4-11H,1-3H3,(H,31,32). The lowest BCUT2D eigenvalue weighted by Gasteiger charge is -2.17. The summed E-state index contributed by atoms with van der Waals surface area (Å²) in [6, 6.07) is 7.34. The van der Waals surface area contributed by atoms with Gasteiger partial charge in [-0.15, -0.1) is 0 Å². The number of halogens is 6. The van der Waals surface area contributed by atoms with Crippen LogP contribution in [0, 0.1) is 13.8 Å². The molecule has 1 N–H and O–H groups in total. The summed E-state index contributed by atoms with van der Waals surface area (Å²) in [7, 11) is -3.64. The first-order valence-electron chi connectivity index (χ1n) is 10.0. The van der Waals surface area contributed by atoms with E-state index >= 15 is 0 Å². The number of anilines is 1. The van der Waals surface area contributed by atoms with Crippen LogP contribution in [-0.2, 0) is 22.2 Å². The Morgan fingerprint density at radius 3 is 2.19 bits per heavy atom. The number of hydrogen-bond donors (Lipinski definition) is 1. The topological polar surface area (TPSA) is 85.4 Å². The minimum absolute atomic E-state index is 0.00170. The molecule has 3 aromatic rings. The molecule has 0 saturated carbocycles. The third kappa shape index (κ3) is 6.14. The summed E-state index contributed by atoms with van der Waals surface area (Å²) in [6.45, 7) is 2.47. The molecule has 0 aliphatic heterocycles. The third-order valence-corrected chi connectivity index (χ3v) is 6.09. The predicted octanol–water partition coefficient (Wildman–Crippen LogP) is 6.18. The summed E-state index contributed by atoms with van der Waals surface area (Å²) in [5, 5.41) is 2.29. The number of hydrogen-bond acceptors (Lipinski definition) is 5. The van der Waals surface area contributed by atoms with E-state index in [1.54, 1.807) is 0 Å². The van der Waals surface area contributed by atoms with Gasteiger partial charge in [-0.3, -0.25) is 4.79 Å². The predicted molar refractivity (Wildman–Crippen MR) is 118 cm³/mol. The number of aryl methyl sites for hydroxylation is 2. The number of benzene rings is 2. The molecule has 0 aliphatic rings. The van der Waals surface area contributed by atoms with Crippen LogP contribution in [0.1, 0.15) is 32.6 Å². The average Bonchev–Trinajstić information content (AvgIpc) is 2.74. The Labute approximate surface area is 201 Å². The second-order valence-corrected chi connectivity index (χ2v) is 9.88. The van der Waals surface area contributed by atoms with E-state index in [0.717, 1.165) is 24.5 Å². The Bertz CT molecular complexity index is 1430. The van der Waals surface area contributed by atoms with E-state index in [1.807, 2.05) is 0 Å². The number of rotatable bonds is 5. The molecule has 36 heavy (non-hydrogen) atoms. The van der Waals surface area contributed by atoms with Crippen molar-refractivity contribution in [3.8, 4) is 11.6 Å². The Morgan fingerprint density at radius 1 is 0.944 bits per heavy atom. The number of nitrogens with one attached hydrogen (secondary N) is 1. The highest BCUT2D eigenvalue weighted by molar-refractivity contribution is 7.90. The Hall–Kier alpha value is -3.61. The van der Waals surface area contributed by atoms with E-state index < -0.39 is 50.7 Å². The van der Waals surface area contributed by atoms with Gasteiger partial charge in [0.25, 0.3) is 5.91 Å². The fourth-order valence-corrected chi connectivity index (χ4v) is 3.83. The first-order valence-corrected chi connectivity index (χ1v) is 11.9. The molecule has 6 nitrogen and oxygen atoms in total. The number of amides is 1. The van der Waals surface area contributed by atoms with Crippen molar-refractivity contribution in [1.29, 1.82) is 0 Å². The van der Waals surface area contributed by atoms with Crippen LogP contribution in [0.3, 0.4) is 0 Å². The summed E-state index contributed by atoms with van der Waals surface area (Å²) in [5.41, 5.74) is -3.11. The van der Waals surface area contributed by atoms with Gasteiger partial charge >= 0.3 is 12.4 Å². The zero-order chi connectivity index (χ0) is 27.1. The van der Waals surface area contributed by atoms with E-state index in [9.17, 15) is 39.6 Å². The van der Waals surface area contributed by atoms with Gasteiger partial charge in [0, 0.05) is 18.1 Å². The van der Waals surface area contributed by atoms with Crippen LogP contribution >= 0.6 is 0 Å². The van der Waals surface area contributed by atoms with E-state index in [2.05, 4.69) is 10.3 Å². The molecule has 0 spiro atoms. The quantitative estimate of drug-likeness (QED) is 0.397. The first kappa shape index (κ1) is 27.0. The van der Waals surface area contributed by atoms with E-state index in [-0.39, 0.29) is 27.5 Å². The molecular formula is C23H18F6N2O4S. The fraction of sp³-hybridized carbons (Fsp3) is 0.217. The molecule has 1 heterocycles. The van der Waals surface area contributed by atoms with Crippen LogP contribution in [0.2, 0.25) is 0 Å². The smallest absolute Gasteiger partial charge is 0.417 e. The van der Waals surface area contributed by atoms with Crippen molar-refractivity contribution >= 4 is 21.4 Å². The van der Waals surface area contributed by atoms with Gasteiger partial charge in [-0.1, -0.05) is 6.07 Å². The SMILES string of the molecule is Cc1cc(C(F)(F)F)c(C)cc1Oc1ncc(C(F)(F)F)cc1C(=O)Nc1cccc(S(C)(=O)=O)c1. The summed E-state index contributed by atoms with van der Waals surface area (Å²) in [4.78, 5) is 16.3. The molecule has 0 saturated heterocycles. The lowest BCUT2D eigenvalue weighted by molar-refractivity contribution is -0.138. The van der Waals surface area contributed by atoms with Crippen molar-refractivity contribution in [3.05, 3.63) is 76.5 Å². The van der Waals surface area contributed by atoms with Gasteiger partial charge in [-0.2, -0.15) is 26.3 Å². The van der Waals surface area contributed by atoms with Crippen molar-refractivity contribution in [2.24, 2.45) is 0 Å². The lowest BCUT2D eigenvalue weighted by Crippen LogP contribution is -2.16. The highest BCUT2D eigenvalue weighted by Gasteiger charge is 2.34. The minimum atomic E-state index is -4.86. The monoisotopic (exact) mass is 532 g/mol. The zero-order valence-electron chi connectivity index (χ0n) is 18.9. The van der Waals surface area contributed by atoms with Gasteiger partial charge in [-0.05, 0) is 61.4 Å². The maximum Gasteiger partial charge on any atom is 0.417 e. The molecule has 0 radical (unpaired) electrons. The highest BCUT2D eigenvalue weighted by Crippen LogP contribution is 2.38. The molecule has 2 aromatic carbocycles. The third-order valence-electron chi connectivity index (χ3n) is 4.98. The molecule has 0 atom stereocenters. The molecule has 192 valence electrons. The van der Waals surface area contributed by atoms with E-state index in [1.165, 1.54) is 32.0 Å². The van der Waals surface area contributed by atoms with Gasteiger partial charge in [0.15, 0.2) is 9.84 Å². The van der Waals surface area contributed by atoms with Crippen LogP contribution in [0.5, 0.6) is 11.6 Å². The Morgan fingerprint density at radius 2 is 1.61 bits per heavy atom. The summed E-state index contributed by atoms with van der Waals surface area (Å²) in [6.07, 6.45) is -8.14. The minimum Gasteiger partial charge on any atom is -0.438 e. The normalized spacial score (nSPS) is 12.4. The molecule has 0 fully saturated rings. The van der Waals surface area contributed by atoms with Crippen molar-refractivity contribution in [1.82, 2.24) is 4.98 Å². The maximum absolute atomic E-state index is 13.3. The zero-order valence-corrected chi connectivity index (χ0v) is 19.7. The summed E-state index contributed by atoms with van der Waals surface area (Å²) < 4.78 is 108. The van der Waals surface area contributed by atoms with Gasteiger partial charge < -0.3 is 10.1 Å². The van der Waals surface area contributed by atoms with Crippen LogP contribution in [-0.4, -0.2) is 25.6 Å². The molecule has 13 heteroatoms. The van der Waals surface area contributed by atoms with Crippen LogP contribution in [0.4, 0.5) is 32.0 Å². The second-order valence-electron chi connectivity index (χ2n) is 7.86. The molecule has 1 aromatic heterocycles. The summed E-state index contributed by atoms with van der Waals surface area (Å²) in [5.74, 6) is -1.86. The van der Waals surface area contributed by atoms with Crippen molar-refractivity contribution in [3.63, 3.8) is 0 Å². The number of sulfone groups is 1. The van der Waals surface area contributed by atoms with E-state index in [0.29, 0.717) is 12.3 Å². The number of alkyl halides is 6. The highest BCUT2D eigenvalue weighted by atomic mass is 32.2. The molecule has 3 rings (SSSR count). The van der Waals surface area contributed by atoms with Crippen molar-refractivity contribution in [2.45, 2.75) is 31.1 Å². The number of nitrogens with zero attached hydrogens (tertiary/aromatic N) is 1. The lowest BCUT2D eigenvalue weighted by atomic mass is 10.0. The fourth-order valence-electron chi connectivity index (χ4n) is 3.16. The molecule has 1 amide bonds. The molecule has 0 unspecified atom stereocenters. The van der Waals surface area contributed by atoms with Gasteiger partial charge in [-0.25, -0.2) is 13.4 Å². The molecule has 0 bridgehead atoms. The molecular weight excluding hydrogens is 514 g/mol. The number of carbonyl (C=O) groups excluding carboxylic acids is 1. The number of ether oxygens (including phenoxy) is 1. The Kier molecular flexibility index (Phi) is 7.08. The van der Waals surface area contributed by atoms with E-state index in [4.69, 9.17) is 4.74 Å². The summed E-state index contributed by atoms with van der Waals surface area (Å²) >= 11 is 0. The number of carbonyl (C=O) groups is 1. The second kappa shape index (κ2) is 9.45. The van der Waals surface area contributed by atoms with Crippen molar-refractivity contribution in [2.75, 3.05) is 11.6 Å². The average molecular weight is 532 g/mol. The van der Waals surface area contributed by atoms with Crippen molar-refractivity contribution < 1.29 is 44.3 Å². The number of pyridine rings is 1. The van der Waals surface area contributed by atoms with Crippen LogP contribution in [0.15, 0.2) is 53.6 Å². The largest absolute Gasteiger partial charge is 0.438 e. The van der Waals surface area contributed by atoms with Crippen LogP contribution in [0.25, 0.3) is 0 Å². The Balaban J connectivity index is 2.04. The van der Waals surface area contributed by atoms with Gasteiger partial charge in [0.1, 0.15) is 11.3 Å². The number of aromatic nitrogens is 1. The maximum atomic E-state index is 13.3. The first-order chi connectivity index (χ1) is 16.5.